The zero-order valence-corrected chi connectivity index (χ0v) is 21.5. The van der Waals surface area contributed by atoms with Crippen LogP contribution < -0.4 is 29.1 Å². The van der Waals surface area contributed by atoms with Crippen molar-refractivity contribution in [3.8, 4) is 28.7 Å². The molecule has 0 aromatic heterocycles. The van der Waals surface area contributed by atoms with E-state index in [4.69, 9.17) is 23.7 Å². The van der Waals surface area contributed by atoms with Crippen LogP contribution in [0, 0.1) is 20.2 Å². The van der Waals surface area contributed by atoms with Crippen LogP contribution in [-0.4, -0.2) is 56.4 Å². The summed E-state index contributed by atoms with van der Waals surface area (Å²) in [5, 5.41) is 25.8. The Hall–Kier alpha value is -5.73. The molecular weight excluding hydrogens is 532 g/mol. The fourth-order valence-electron chi connectivity index (χ4n) is 3.37. The summed E-state index contributed by atoms with van der Waals surface area (Å²) in [5.41, 5.74) is 1.10. The Morgan fingerprint density at radius 3 is 1.82 bits per heavy atom. The Balaban J connectivity index is 1.77. The monoisotopic (exact) mass is 554 g/mol. The minimum atomic E-state index is -0.911. The molecule has 0 aliphatic heterocycles. The molecule has 40 heavy (non-hydrogen) atoms. The van der Waals surface area contributed by atoms with Crippen LogP contribution in [0.15, 0.2) is 53.6 Å². The number of carbonyl (C=O) groups is 2. The van der Waals surface area contributed by atoms with Crippen molar-refractivity contribution >= 4 is 29.5 Å². The summed E-state index contributed by atoms with van der Waals surface area (Å²) in [4.78, 5) is 45.6. The van der Waals surface area contributed by atoms with E-state index in [2.05, 4.69) is 10.5 Å². The third-order valence-electron chi connectivity index (χ3n) is 5.26. The van der Waals surface area contributed by atoms with Gasteiger partial charge >= 0.3 is 5.97 Å². The van der Waals surface area contributed by atoms with E-state index in [9.17, 15) is 29.8 Å². The van der Waals surface area contributed by atoms with Crippen LogP contribution >= 0.6 is 0 Å². The number of hydrogen-bond acceptors (Lipinski definition) is 12. The highest BCUT2D eigenvalue weighted by Crippen LogP contribution is 2.39. The lowest BCUT2D eigenvalue weighted by atomic mass is 10.1. The van der Waals surface area contributed by atoms with Gasteiger partial charge in [0.1, 0.15) is 0 Å². The van der Waals surface area contributed by atoms with Crippen molar-refractivity contribution < 1.29 is 43.1 Å². The van der Waals surface area contributed by atoms with Gasteiger partial charge in [0.2, 0.25) is 5.75 Å². The zero-order chi connectivity index (χ0) is 29.4. The molecular formula is C25H22N4O11. The predicted octanol–water partition coefficient (Wildman–Crippen LogP) is 3.52. The summed E-state index contributed by atoms with van der Waals surface area (Å²) in [7, 11) is 5.60. The predicted molar refractivity (Wildman–Crippen MR) is 139 cm³/mol. The number of nitro groups is 2. The lowest BCUT2D eigenvalue weighted by molar-refractivity contribution is -0.394. The number of amides is 1. The molecule has 0 unspecified atom stereocenters. The van der Waals surface area contributed by atoms with E-state index in [1.807, 2.05) is 0 Å². The normalized spacial score (nSPS) is 10.5. The molecule has 15 nitrogen and oxygen atoms in total. The van der Waals surface area contributed by atoms with E-state index < -0.39 is 33.1 Å². The lowest BCUT2D eigenvalue weighted by Gasteiger charge is -2.14. The number of ether oxygens (including phenoxy) is 5. The van der Waals surface area contributed by atoms with E-state index >= 15 is 0 Å². The second kappa shape index (κ2) is 12.7. The summed E-state index contributed by atoms with van der Waals surface area (Å²) in [6.45, 7) is 0. The number of benzene rings is 3. The molecule has 0 atom stereocenters. The zero-order valence-electron chi connectivity index (χ0n) is 21.5. The maximum atomic E-state index is 12.8. The first-order chi connectivity index (χ1) is 19.1. The molecule has 0 radical (unpaired) electrons. The average Bonchev–Trinajstić information content (AvgIpc) is 2.96. The number of nitro benzene ring substituents is 2. The molecule has 1 amide bonds. The largest absolute Gasteiger partial charge is 0.493 e. The average molecular weight is 554 g/mol. The van der Waals surface area contributed by atoms with Gasteiger partial charge in [0.05, 0.1) is 61.7 Å². The van der Waals surface area contributed by atoms with Crippen LogP contribution in [0.3, 0.4) is 0 Å². The van der Waals surface area contributed by atoms with Gasteiger partial charge in [0.15, 0.2) is 23.0 Å². The van der Waals surface area contributed by atoms with E-state index in [0.29, 0.717) is 11.3 Å². The quantitative estimate of drug-likeness (QED) is 0.120. The van der Waals surface area contributed by atoms with Crippen molar-refractivity contribution in [1.82, 2.24) is 5.43 Å². The molecule has 3 aromatic rings. The first-order valence-electron chi connectivity index (χ1n) is 11.1. The van der Waals surface area contributed by atoms with Crippen LogP contribution in [0.2, 0.25) is 0 Å². The molecule has 0 aliphatic rings. The van der Waals surface area contributed by atoms with Gasteiger partial charge in [-0.3, -0.25) is 25.0 Å². The molecule has 0 saturated carbocycles. The SMILES string of the molecule is COc1cc(C=NNC(=O)c2cc([N+](=O)[O-])cc([N+](=O)[O-])c2)ccc1OC(=O)c1cc(OC)c(OC)c(OC)c1. The Kier molecular flexibility index (Phi) is 9.14. The topological polar surface area (TPSA) is 191 Å². The van der Waals surface area contributed by atoms with Gasteiger partial charge in [-0.1, -0.05) is 0 Å². The van der Waals surface area contributed by atoms with E-state index in [-0.39, 0.29) is 34.1 Å². The van der Waals surface area contributed by atoms with Crippen molar-refractivity contribution in [2.75, 3.05) is 28.4 Å². The number of rotatable bonds is 11. The van der Waals surface area contributed by atoms with Crippen LogP contribution in [0.25, 0.3) is 0 Å². The van der Waals surface area contributed by atoms with Gasteiger partial charge in [-0.15, -0.1) is 0 Å². The van der Waals surface area contributed by atoms with Gasteiger partial charge in [0, 0.05) is 12.1 Å². The molecule has 1 N–H and O–H groups in total. The van der Waals surface area contributed by atoms with Crippen molar-refractivity contribution in [3.63, 3.8) is 0 Å². The third kappa shape index (κ3) is 6.58. The molecule has 0 aliphatic carbocycles. The maximum absolute atomic E-state index is 12.8. The van der Waals surface area contributed by atoms with Crippen molar-refractivity contribution in [2.45, 2.75) is 0 Å². The summed E-state index contributed by atoms with van der Waals surface area (Å²) >= 11 is 0. The molecule has 3 aromatic carbocycles. The number of nitrogens with zero attached hydrogens (tertiary/aromatic N) is 3. The fourth-order valence-corrected chi connectivity index (χ4v) is 3.37. The number of hydrazone groups is 1. The number of carbonyl (C=O) groups excluding carboxylic acids is 2. The molecule has 208 valence electrons. The molecule has 3 rings (SSSR count). The van der Waals surface area contributed by atoms with E-state index in [0.717, 1.165) is 18.2 Å². The molecule has 0 bridgehead atoms. The lowest BCUT2D eigenvalue weighted by Crippen LogP contribution is -2.18. The Morgan fingerprint density at radius 2 is 1.32 bits per heavy atom. The first-order valence-corrected chi connectivity index (χ1v) is 11.1. The highest BCUT2D eigenvalue weighted by atomic mass is 16.6. The van der Waals surface area contributed by atoms with Crippen LogP contribution in [-0.2, 0) is 0 Å². The van der Waals surface area contributed by atoms with Crippen LogP contribution in [0.4, 0.5) is 11.4 Å². The number of hydrogen-bond donors (Lipinski definition) is 1. The number of nitrogens with one attached hydrogen (secondary N) is 1. The van der Waals surface area contributed by atoms with Gasteiger partial charge in [-0.2, -0.15) is 5.10 Å². The molecule has 15 heteroatoms. The minimum absolute atomic E-state index is 0.0753. The summed E-state index contributed by atoms with van der Waals surface area (Å²) in [6, 6.07) is 9.77. The second-order valence-electron chi connectivity index (χ2n) is 7.67. The van der Waals surface area contributed by atoms with Gasteiger partial charge < -0.3 is 23.7 Å². The highest BCUT2D eigenvalue weighted by molar-refractivity contribution is 5.96. The fraction of sp³-hybridized carbons (Fsp3) is 0.160. The molecule has 0 heterocycles. The first kappa shape index (κ1) is 28.8. The Morgan fingerprint density at radius 1 is 0.750 bits per heavy atom. The number of esters is 1. The van der Waals surface area contributed by atoms with Gasteiger partial charge in [-0.05, 0) is 35.9 Å². The summed E-state index contributed by atoms with van der Waals surface area (Å²) < 4.78 is 26.5. The smallest absolute Gasteiger partial charge is 0.343 e. The highest BCUT2D eigenvalue weighted by Gasteiger charge is 2.21. The summed E-state index contributed by atoms with van der Waals surface area (Å²) in [6.07, 6.45) is 1.22. The summed E-state index contributed by atoms with van der Waals surface area (Å²) in [5.74, 6) is -0.596. The van der Waals surface area contributed by atoms with Crippen molar-refractivity contribution in [1.29, 1.82) is 0 Å². The van der Waals surface area contributed by atoms with E-state index in [1.165, 1.54) is 65.0 Å². The van der Waals surface area contributed by atoms with Crippen molar-refractivity contribution in [2.24, 2.45) is 5.10 Å². The van der Waals surface area contributed by atoms with Crippen LogP contribution in [0.1, 0.15) is 26.3 Å². The number of non-ortho nitro benzene ring substituents is 2. The Labute approximate surface area is 226 Å². The standard InChI is InChI=1S/C25H22N4O11/c1-36-20-7-14(13-26-27-24(30)15-8-17(28(32)33)12-18(9-15)29(34)35)5-6-19(20)40-25(31)16-10-21(37-2)23(39-4)22(11-16)38-3/h5-13H,1-4H3,(H,27,30). The molecule has 0 fully saturated rings. The molecule has 0 saturated heterocycles. The Bertz CT molecular complexity index is 1450. The maximum Gasteiger partial charge on any atom is 0.343 e. The van der Waals surface area contributed by atoms with Crippen LogP contribution in [0.5, 0.6) is 28.7 Å². The number of methoxy groups -OCH3 is 4. The molecule has 0 spiro atoms. The van der Waals surface area contributed by atoms with E-state index in [1.54, 1.807) is 0 Å². The minimum Gasteiger partial charge on any atom is -0.493 e. The van der Waals surface area contributed by atoms with Gasteiger partial charge in [0.25, 0.3) is 17.3 Å². The van der Waals surface area contributed by atoms with Crippen molar-refractivity contribution in [3.05, 3.63) is 85.4 Å². The van der Waals surface area contributed by atoms with Gasteiger partial charge in [-0.25, -0.2) is 10.2 Å². The third-order valence-corrected chi connectivity index (χ3v) is 5.26. The second-order valence-corrected chi connectivity index (χ2v) is 7.67.